The van der Waals surface area contributed by atoms with Crippen molar-refractivity contribution in [1.29, 1.82) is 0 Å². The average molecular weight is 346 g/mol. The van der Waals surface area contributed by atoms with Crippen LogP contribution in [0.3, 0.4) is 0 Å². The van der Waals surface area contributed by atoms with Gasteiger partial charge in [0, 0.05) is 24.8 Å². The van der Waals surface area contributed by atoms with E-state index < -0.39 is 10.0 Å². The lowest BCUT2D eigenvalue weighted by Gasteiger charge is -2.17. The van der Waals surface area contributed by atoms with Crippen molar-refractivity contribution < 1.29 is 13.2 Å². The molecular formula is C18H22N2O3S. The third kappa shape index (κ3) is 4.58. The molecule has 5 nitrogen and oxygen atoms in total. The van der Waals surface area contributed by atoms with E-state index in [4.69, 9.17) is 0 Å². The first kappa shape index (κ1) is 18.0. The van der Waals surface area contributed by atoms with Crippen LogP contribution in [-0.4, -0.2) is 32.8 Å². The lowest BCUT2D eigenvalue weighted by atomic mass is 10.2. The zero-order valence-corrected chi connectivity index (χ0v) is 14.7. The molecule has 0 unspecified atom stereocenters. The van der Waals surface area contributed by atoms with Gasteiger partial charge in [0.2, 0.25) is 0 Å². The van der Waals surface area contributed by atoms with Crippen molar-refractivity contribution in [2.24, 2.45) is 0 Å². The number of carbonyl (C=O) groups is 1. The number of hydrogen-bond donors (Lipinski definition) is 1. The molecule has 2 aromatic carbocycles. The second-order valence-electron chi connectivity index (χ2n) is 5.58. The first-order chi connectivity index (χ1) is 11.4. The number of amides is 1. The zero-order valence-electron chi connectivity index (χ0n) is 13.9. The summed E-state index contributed by atoms with van der Waals surface area (Å²) in [4.78, 5) is 14.2. The first-order valence-corrected chi connectivity index (χ1v) is 9.36. The molecule has 0 aromatic heterocycles. The van der Waals surface area contributed by atoms with Crippen LogP contribution in [-0.2, 0) is 10.0 Å². The Balaban J connectivity index is 2.17. The fourth-order valence-electron chi connectivity index (χ4n) is 2.25. The second-order valence-corrected chi connectivity index (χ2v) is 7.26. The minimum Gasteiger partial charge on any atom is -0.342 e. The number of anilines is 1. The van der Waals surface area contributed by atoms with Crippen molar-refractivity contribution in [2.45, 2.75) is 24.7 Å². The summed E-state index contributed by atoms with van der Waals surface area (Å²) in [6.45, 7) is 2.74. The third-order valence-electron chi connectivity index (χ3n) is 3.61. The zero-order chi connectivity index (χ0) is 17.6. The van der Waals surface area contributed by atoms with E-state index in [0.29, 0.717) is 17.8 Å². The topological polar surface area (TPSA) is 66.5 Å². The summed E-state index contributed by atoms with van der Waals surface area (Å²) < 4.78 is 27.2. The van der Waals surface area contributed by atoms with E-state index in [1.165, 1.54) is 12.1 Å². The van der Waals surface area contributed by atoms with Gasteiger partial charge in [-0.25, -0.2) is 8.42 Å². The van der Waals surface area contributed by atoms with Crippen LogP contribution in [0.15, 0.2) is 59.5 Å². The van der Waals surface area contributed by atoms with Crippen LogP contribution in [0.2, 0.25) is 0 Å². The van der Waals surface area contributed by atoms with Gasteiger partial charge in [-0.15, -0.1) is 0 Å². The van der Waals surface area contributed by atoms with E-state index in [1.807, 2.05) is 0 Å². The van der Waals surface area contributed by atoms with Gasteiger partial charge in [-0.3, -0.25) is 9.52 Å². The van der Waals surface area contributed by atoms with Gasteiger partial charge in [0.15, 0.2) is 0 Å². The molecule has 0 heterocycles. The van der Waals surface area contributed by atoms with E-state index in [9.17, 15) is 13.2 Å². The molecule has 2 aromatic rings. The van der Waals surface area contributed by atoms with Crippen molar-refractivity contribution in [3.8, 4) is 0 Å². The molecule has 0 aliphatic rings. The van der Waals surface area contributed by atoms with Crippen molar-refractivity contribution in [3.05, 3.63) is 60.2 Å². The van der Waals surface area contributed by atoms with E-state index in [-0.39, 0.29) is 10.8 Å². The minimum absolute atomic E-state index is 0.121. The fraction of sp³-hybridized carbons (Fsp3) is 0.278. The van der Waals surface area contributed by atoms with Crippen LogP contribution in [0, 0.1) is 0 Å². The summed E-state index contributed by atoms with van der Waals surface area (Å²) in [6, 6.07) is 14.7. The van der Waals surface area contributed by atoms with Gasteiger partial charge in [0.1, 0.15) is 0 Å². The monoisotopic (exact) mass is 346 g/mol. The highest BCUT2D eigenvalue weighted by Gasteiger charge is 2.16. The number of rotatable bonds is 7. The molecule has 2 rings (SSSR count). The molecule has 0 saturated heterocycles. The average Bonchev–Trinajstić information content (AvgIpc) is 2.59. The largest absolute Gasteiger partial charge is 0.342 e. The van der Waals surface area contributed by atoms with E-state index in [1.54, 1.807) is 54.4 Å². The Kier molecular flexibility index (Phi) is 5.98. The fourth-order valence-corrected chi connectivity index (χ4v) is 3.32. The summed E-state index contributed by atoms with van der Waals surface area (Å²) in [7, 11) is -1.92. The van der Waals surface area contributed by atoms with Crippen molar-refractivity contribution in [3.63, 3.8) is 0 Å². The van der Waals surface area contributed by atoms with Crippen molar-refractivity contribution >= 4 is 21.6 Å². The summed E-state index contributed by atoms with van der Waals surface area (Å²) in [5, 5.41) is 0. The Morgan fingerprint density at radius 3 is 2.46 bits per heavy atom. The summed E-state index contributed by atoms with van der Waals surface area (Å²) >= 11 is 0. The van der Waals surface area contributed by atoms with Crippen LogP contribution in [0.1, 0.15) is 30.1 Å². The molecule has 0 saturated carbocycles. The van der Waals surface area contributed by atoms with Gasteiger partial charge in [-0.05, 0) is 36.8 Å². The van der Waals surface area contributed by atoms with E-state index in [0.717, 1.165) is 12.8 Å². The molecule has 1 amide bonds. The molecule has 0 atom stereocenters. The maximum absolute atomic E-state index is 12.4. The van der Waals surface area contributed by atoms with Crippen molar-refractivity contribution in [2.75, 3.05) is 18.3 Å². The molecule has 6 heteroatoms. The van der Waals surface area contributed by atoms with Crippen LogP contribution < -0.4 is 4.72 Å². The third-order valence-corrected chi connectivity index (χ3v) is 5.01. The molecular weight excluding hydrogens is 324 g/mol. The van der Waals surface area contributed by atoms with Gasteiger partial charge in [0.25, 0.3) is 15.9 Å². The molecule has 0 aliphatic carbocycles. The maximum Gasteiger partial charge on any atom is 0.261 e. The SMILES string of the molecule is CCCCN(C)C(=O)c1cccc(NS(=O)(=O)c2ccccc2)c1. The van der Waals surface area contributed by atoms with Crippen LogP contribution in [0.25, 0.3) is 0 Å². The van der Waals surface area contributed by atoms with Gasteiger partial charge < -0.3 is 4.90 Å². The van der Waals surface area contributed by atoms with Crippen LogP contribution in [0.5, 0.6) is 0 Å². The number of benzene rings is 2. The molecule has 0 spiro atoms. The van der Waals surface area contributed by atoms with E-state index >= 15 is 0 Å². The normalized spacial score (nSPS) is 11.1. The Hall–Kier alpha value is -2.34. The number of nitrogens with zero attached hydrogens (tertiary/aromatic N) is 1. The number of nitrogens with one attached hydrogen (secondary N) is 1. The molecule has 0 bridgehead atoms. The summed E-state index contributed by atoms with van der Waals surface area (Å²) in [5.41, 5.74) is 0.829. The van der Waals surface area contributed by atoms with Gasteiger partial charge in [-0.2, -0.15) is 0 Å². The Bertz CT molecular complexity index is 789. The highest BCUT2D eigenvalue weighted by molar-refractivity contribution is 7.92. The highest BCUT2D eigenvalue weighted by atomic mass is 32.2. The number of unbranched alkanes of at least 4 members (excludes halogenated alkanes) is 1. The van der Waals surface area contributed by atoms with Gasteiger partial charge in [-0.1, -0.05) is 37.6 Å². The molecule has 0 radical (unpaired) electrons. The van der Waals surface area contributed by atoms with Crippen LogP contribution >= 0.6 is 0 Å². The lowest BCUT2D eigenvalue weighted by molar-refractivity contribution is 0.0793. The summed E-state index contributed by atoms with van der Waals surface area (Å²) in [5.74, 6) is -0.121. The number of carbonyl (C=O) groups excluding carboxylic acids is 1. The smallest absolute Gasteiger partial charge is 0.261 e. The number of sulfonamides is 1. The molecule has 0 aliphatic heterocycles. The van der Waals surface area contributed by atoms with Crippen molar-refractivity contribution in [1.82, 2.24) is 4.90 Å². The minimum atomic E-state index is -3.67. The van der Waals surface area contributed by atoms with Crippen LogP contribution in [0.4, 0.5) is 5.69 Å². The van der Waals surface area contributed by atoms with E-state index in [2.05, 4.69) is 11.6 Å². The highest BCUT2D eigenvalue weighted by Crippen LogP contribution is 2.18. The van der Waals surface area contributed by atoms with Gasteiger partial charge >= 0.3 is 0 Å². The Morgan fingerprint density at radius 1 is 1.08 bits per heavy atom. The molecule has 128 valence electrons. The second kappa shape index (κ2) is 7.97. The molecule has 0 fully saturated rings. The maximum atomic E-state index is 12.4. The Labute approximate surface area is 143 Å². The lowest BCUT2D eigenvalue weighted by Crippen LogP contribution is -2.27. The van der Waals surface area contributed by atoms with Gasteiger partial charge in [0.05, 0.1) is 4.90 Å². The number of hydrogen-bond acceptors (Lipinski definition) is 3. The molecule has 24 heavy (non-hydrogen) atoms. The first-order valence-electron chi connectivity index (χ1n) is 7.87. The standard InChI is InChI=1S/C18H22N2O3S/c1-3-4-13-20(2)18(21)15-9-8-10-16(14-15)19-24(22,23)17-11-6-5-7-12-17/h5-12,14,19H,3-4,13H2,1-2H3. The summed E-state index contributed by atoms with van der Waals surface area (Å²) in [6.07, 6.45) is 1.94. The Morgan fingerprint density at radius 2 is 1.79 bits per heavy atom. The predicted molar refractivity (Wildman–Crippen MR) is 95.6 cm³/mol. The predicted octanol–water partition coefficient (Wildman–Crippen LogP) is 3.36. The quantitative estimate of drug-likeness (QED) is 0.836. The molecule has 1 N–H and O–H groups in total.